The topological polar surface area (TPSA) is 107 Å². The molecule has 0 aromatic heterocycles. The van der Waals surface area contributed by atoms with E-state index >= 15 is 0 Å². The van der Waals surface area contributed by atoms with Crippen LogP contribution in [-0.4, -0.2) is 42.0 Å². The highest BCUT2D eigenvalue weighted by Gasteiger charge is 2.59. The molecule has 0 aromatic carbocycles. The van der Waals surface area contributed by atoms with E-state index in [0.29, 0.717) is 12.8 Å². The van der Waals surface area contributed by atoms with Crippen molar-refractivity contribution in [1.82, 2.24) is 0 Å². The summed E-state index contributed by atoms with van der Waals surface area (Å²) >= 11 is 0. The van der Waals surface area contributed by atoms with Gasteiger partial charge in [-0.05, 0) is 98.3 Å². The first-order chi connectivity index (χ1) is 17.7. The van der Waals surface area contributed by atoms with Crippen molar-refractivity contribution >= 4 is 23.7 Å². The minimum absolute atomic E-state index is 0.0316. The molecule has 2 rings (SSSR count). The first-order valence-corrected chi connectivity index (χ1v) is 14.8. The zero-order chi connectivity index (χ0) is 32.1. The predicted molar refractivity (Wildman–Crippen MR) is 160 cm³/mol. The summed E-state index contributed by atoms with van der Waals surface area (Å²) in [5.74, 6) is -0.225. The van der Waals surface area contributed by atoms with Crippen molar-refractivity contribution in [3.05, 3.63) is 0 Å². The van der Waals surface area contributed by atoms with E-state index in [1.807, 2.05) is 48.5 Å². The lowest BCUT2D eigenvalue weighted by Gasteiger charge is -2.51. The number of carboxylic acids is 1. The number of carbonyl (C=O) groups is 4. The van der Waals surface area contributed by atoms with Crippen LogP contribution in [0.3, 0.4) is 0 Å². The highest BCUT2D eigenvalue weighted by atomic mass is 16.5. The zero-order valence-corrected chi connectivity index (χ0v) is 28.3. The van der Waals surface area contributed by atoms with E-state index in [1.165, 1.54) is 13.5 Å². The van der Waals surface area contributed by atoms with Crippen molar-refractivity contribution < 1.29 is 33.8 Å². The van der Waals surface area contributed by atoms with Crippen molar-refractivity contribution in [1.29, 1.82) is 0 Å². The maximum atomic E-state index is 13.2. The fourth-order valence-electron chi connectivity index (χ4n) is 5.50. The van der Waals surface area contributed by atoms with Gasteiger partial charge in [-0.15, -0.1) is 0 Å². The second-order valence-electron chi connectivity index (χ2n) is 15.7. The van der Waals surface area contributed by atoms with Crippen LogP contribution in [0.5, 0.6) is 0 Å². The highest BCUT2D eigenvalue weighted by molar-refractivity contribution is 5.81. The average molecular weight is 569 g/mol. The Labute approximate surface area is 244 Å². The summed E-state index contributed by atoms with van der Waals surface area (Å²) < 4.78 is 11.1. The normalized spacial score (nSPS) is 25.2. The van der Waals surface area contributed by atoms with E-state index < -0.39 is 22.2 Å². The van der Waals surface area contributed by atoms with Gasteiger partial charge in [-0.1, -0.05) is 48.5 Å². The number of Topliss-reactive ketones (excluding diaryl/α,β-unsaturated/α-hetero) is 1. The highest BCUT2D eigenvalue weighted by Crippen LogP contribution is 2.63. The minimum atomic E-state index is -0.757. The lowest BCUT2D eigenvalue weighted by Crippen LogP contribution is -2.50. The Morgan fingerprint density at radius 3 is 1.62 bits per heavy atom. The van der Waals surface area contributed by atoms with Crippen LogP contribution in [0.1, 0.15) is 135 Å². The van der Waals surface area contributed by atoms with Crippen molar-refractivity contribution in [3.63, 3.8) is 0 Å². The molecule has 4 unspecified atom stereocenters. The Balaban J connectivity index is 0.000000894. The fraction of sp³-hybridized carbons (Fsp3) is 0.879. The summed E-state index contributed by atoms with van der Waals surface area (Å²) in [7, 11) is 1.40. The molecule has 2 bridgehead atoms. The molecule has 4 atom stereocenters. The van der Waals surface area contributed by atoms with Crippen LogP contribution >= 0.6 is 0 Å². The molecule has 7 nitrogen and oxygen atoms in total. The maximum absolute atomic E-state index is 13.2. The number of ether oxygens (including phenoxy) is 2. The van der Waals surface area contributed by atoms with Gasteiger partial charge < -0.3 is 14.6 Å². The first kappa shape index (κ1) is 38.1. The number of esters is 2. The molecule has 0 aromatic rings. The smallest absolute Gasteiger partial charge is 0.312 e. The van der Waals surface area contributed by atoms with Gasteiger partial charge in [-0.2, -0.15) is 0 Å². The quantitative estimate of drug-likeness (QED) is 0.325. The maximum Gasteiger partial charge on any atom is 0.312 e. The van der Waals surface area contributed by atoms with Crippen LogP contribution < -0.4 is 0 Å². The van der Waals surface area contributed by atoms with Crippen LogP contribution in [0.4, 0.5) is 0 Å². The van der Waals surface area contributed by atoms with E-state index in [1.54, 1.807) is 27.7 Å². The fourth-order valence-corrected chi connectivity index (χ4v) is 5.50. The Morgan fingerprint density at radius 2 is 1.27 bits per heavy atom. The molecule has 2 aliphatic carbocycles. The zero-order valence-electron chi connectivity index (χ0n) is 28.3. The van der Waals surface area contributed by atoms with Crippen LogP contribution in [0.25, 0.3) is 0 Å². The molecule has 2 saturated carbocycles. The SMILES string of the molecule is CC(=O)C(C)(C)C.CC(C)(C)C(=O)O.CCC(C)(CC(C)(C)C(=O)OC)C(=O)OC1CCC2CCC1(C)C2(C)C. The Hall–Kier alpha value is -1.92. The summed E-state index contributed by atoms with van der Waals surface area (Å²) in [6, 6.07) is 0. The van der Waals surface area contributed by atoms with Gasteiger partial charge in [0.15, 0.2) is 0 Å². The van der Waals surface area contributed by atoms with Gasteiger partial charge >= 0.3 is 17.9 Å². The van der Waals surface area contributed by atoms with Gasteiger partial charge in [0, 0.05) is 10.8 Å². The summed E-state index contributed by atoms with van der Waals surface area (Å²) in [5.41, 5.74) is -1.89. The van der Waals surface area contributed by atoms with E-state index in [2.05, 4.69) is 20.8 Å². The molecule has 0 amide bonds. The summed E-state index contributed by atoms with van der Waals surface area (Å²) in [4.78, 5) is 45.8. The molecule has 40 heavy (non-hydrogen) atoms. The molecule has 2 aliphatic rings. The number of aliphatic carboxylic acids is 1. The Kier molecular flexibility index (Phi) is 12.7. The van der Waals surface area contributed by atoms with Crippen LogP contribution in [0.15, 0.2) is 0 Å². The number of fused-ring (bicyclic) bond motifs is 2. The molecule has 1 N–H and O–H groups in total. The standard InChI is InChI=1S/C22H38O4.C6H12O.C5H10O2/c1-9-21(6,14-19(2,3)17(23)25-8)18(24)26-16-11-10-15-12-13-22(16,7)20(15,4)5;1-5(7)6(2,3)4;1-5(2,3)4(6)7/h15-16H,9-14H2,1-8H3;1-4H3;1-3H3,(H,6,7). The number of carbonyl (C=O) groups excluding carboxylic acids is 3. The lowest BCUT2D eigenvalue weighted by molar-refractivity contribution is -0.181. The molecule has 234 valence electrons. The van der Waals surface area contributed by atoms with Gasteiger partial charge in [0.25, 0.3) is 0 Å². The Bertz CT molecular complexity index is 879. The molecule has 0 aliphatic heterocycles. The summed E-state index contributed by atoms with van der Waals surface area (Å²) in [6.45, 7) is 26.9. The molecular formula is C33H60O7. The Morgan fingerprint density at radius 1 is 0.825 bits per heavy atom. The second kappa shape index (κ2) is 13.4. The van der Waals surface area contributed by atoms with Gasteiger partial charge in [-0.3, -0.25) is 19.2 Å². The molecule has 2 fully saturated rings. The van der Waals surface area contributed by atoms with Crippen molar-refractivity contribution in [2.45, 2.75) is 142 Å². The number of methoxy groups -OCH3 is 1. The third kappa shape index (κ3) is 9.30. The van der Waals surface area contributed by atoms with E-state index in [9.17, 15) is 19.2 Å². The van der Waals surface area contributed by atoms with Gasteiger partial charge in [0.2, 0.25) is 0 Å². The van der Waals surface area contributed by atoms with E-state index in [4.69, 9.17) is 14.6 Å². The average Bonchev–Trinajstić information content (AvgIpc) is 2.92. The van der Waals surface area contributed by atoms with Crippen LogP contribution in [-0.2, 0) is 28.7 Å². The number of rotatable bonds is 6. The number of ketones is 1. The minimum Gasteiger partial charge on any atom is -0.481 e. The van der Waals surface area contributed by atoms with Crippen molar-refractivity contribution in [2.75, 3.05) is 7.11 Å². The largest absolute Gasteiger partial charge is 0.481 e. The third-order valence-electron chi connectivity index (χ3n) is 9.78. The van der Waals surface area contributed by atoms with Gasteiger partial charge in [0.05, 0.1) is 23.4 Å². The predicted octanol–water partition coefficient (Wildman–Crippen LogP) is 7.88. The van der Waals surface area contributed by atoms with E-state index in [-0.39, 0.29) is 40.1 Å². The van der Waals surface area contributed by atoms with Crippen molar-refractivity contribution in [2.24, 2.45) is 38.4 Å². The molecule has 0 radical (unpaired) electrons. The van der Waals surface area contributed by atoms with Gasteiger partial charge in [0.1, 0.15) is 11.9 Å². The number of hydrogen-bond donors (Lipinski definition) is 1. The van der Waals surface area contributed by atoms with Crippen LogP contribution in [0, 0.1) is 38.4 Å². The first-order valence-electron chi connectivity index (χ1n) is 14.8. The third-order valence-corrected chi connectivity index (χ3v) is 9.78. The number of carboxylic acid groups (broad SMARTS) is 1. The monoisotopic (exact) mass is 568 g/mol. The molecule has 0 saturated heterocycles. The van der Waals surface area contributed by atoms with Crippen LogP contribution in [0.2, 0.25) is 0 Å². The molecular weight excluding hydrogens is 508 g/mol. The molecule has 7 heteroatoms. The molecule has 0 spiro atoms. The van der Waals surface area contributed by atoms with Crippen molar-refractivity contribution in [3.8, 4) is 0 Å². The summed E-state index contributed by atoms with van der Waals surface area (Å²) in [5, 5.41) is 8.25. The van der Waals surface area contributed by atoms with E-state index in [0.717, 1.165) is 25.2 Å². The van der Waals surface area contributed by atoms with Gasteiger partial charge in [-0.25, -0.2) is 0 Å². The second-order valence-corrected chi connectivity index (χ2v) is 15.7. The molecule has 0 heterocycles. The lowest BCUT2D eigenvalue weighted by atomic mass is 9.58. The summed E-state index contributed by atoms with van der Waals surface area (Å²) in [6.07, 6.45) is 5.49. The number of hydrogen-bond acceptors (Lipinski definition) is 6.